The second-order valence-corrected chi connectivity index (χ2v) is 5.72. The minimum absolute atomic E-state index is 0.150. The second kappa shape index (κ2) is 6.80. The van der Waals surface area contributed by atoms with Gasteiger partial charge in [-0.25, -0.2) is 8.78 Å². The number of hydrogen-bond donors (Lipinski definition) is 0. The molecule has 2 aromatic heterocycles. The molecule has 0 atom stereocenters. The van der Waals surface area contributed by atoms with Crippen molar-refractivity contribution in [1.82, 2.24) is 19.7 Å². The third-order valence-corrected chi connectivity index (χ3v) is 3.74. The number of carbonyl (C=O) groups excluding carboxylic acids is 1. The molecule has 2 heterocycles. The number of carbonyl (C=O) groups is 1. The van der Waals surface area contributed by atoms with Crippen LogP contribution < -0.4 is 0 Å². The fourth-order valence-electron chi connectivity index (χ4n) is 2.55. The molecule has 0 aliphatic rings. The summed E-state index contributed by atoms with van der Waals surface area (Å²) in [7, 11) is 3.33. The molecule has 0 saturated heterocycles. The normalized spacial score (nSPS) is 10.7. The molecule has 3 aromatic rings. The van der Waals surface area contributed by atoms with Gasteiger partial charge in [-0.1, -0.05) is 6.07 Å². The molecule has 0 unspecified atom stereocenters. The summed E-state index contributed by atoms with van der Waals surface area (Å²) in [4.78, 5) is 18.3. The van der Waals surface area contributed by atoms with Crippen molar-refractivity contribution in [2.45, 2.75) is 6.54 Å². The van der Waals surface area contributed by atoms with Gasteiger partial charge in [0.1, 0.15) is 5.69 Å². The van der Waals surface area contributed by atoms with Gasteiger partial charge in [0.25, 0.3) is 5.91 Å². The highest BCUT2D eigenvalue weighted by atomic mass is 19.2. The van der Waals surface area contributed by atoms with Crippen molar-refractivity contribution in [2.75, 3.05) is 7.05 Å². The summed E-state index contributed by atoms with van der Waals surface area (Å²) in [5.41, 5.74) is 2.17. The SMILES string of the molecule is CN(Cc1ccc(F)c(F)c1)C(=O)c1cn(C)nc1-c1cccnc1. The van der Waals surface area contributed by atoms with E-state index < -0.39 is 11.6 Å². The topological polar surface area (TPSA) is 51.0 Å². The molecule has 5 nitrogen and oxygen atoms in total. The number of hydrogen-bond acceptors (Lipinski definition) is 3. The summed E-state index contributed by atoms with van der Waals surface area (Å²) in [5, 5.41) is 4.34. The van der Waals surface area contributed by atoms with Crippen LogP contribution in [0.15, 0.2) is 48.9 Å². The highest BCUT2D eigenvalue weighted by Crippen LogP contribution is 2.22. The number of halogens is 2. The zero-order chi connectivity index (χ0) is 18.0. The Hall–Kier alpha value is -3.09. The lowest BCUT2D eigenvalue weighted by Crippen LogP contribution is -2.26. The number of amides is 1. The first-order valence-electron chi connectivity index (χ1n) is 7.59. The summed E-state index contributed by atoms with van der Waals surface area (Å²) in [5.74, 6) is -2.11. The monoisotopic (exact) mass is 342 g/mol. The van der Waals surface area contributed by atoms with E-state index >= 15 is 0 Å². The van der Waals surface area contributed by atoms with E-state index in [0.29, 0.717) is 16.8 Å². The Morgan fingerprint density at radius 3 is 2.72 bits per heavy atom. The number of aromatic nitrogens is 3. The predicted molar refractivity (Wildman–Crippen MR) is 88.6 cm³/mol. The van der Waals surface area contributed by atoms with Crippen molar-refractivity contribution >= 4 is 5.91 Å². The van der Waals surface area contributed by atoms with E-state index in [-0.39, 0.29) is 12.5 Å². The fraction of sp³-hybridized carbons (Fsp3) is 0.167. The number of nitrogens with zero attached hydrogens (tertiary/aromatic N) is 4. The second-order valence-electron chi connectivity index (χ2n) is 5.72. The van der Waals surface area contributed by atoms with Crippen LogP contribution in [0.4, 0.5) is 8.78 Å². The van der Waals surface area contributed by atoms with Crippen molar-refractivity contribution in [3.8, 4) is 11.3 Å². The third kappa shape index (κ3) is 3.55. The van der Waals surface area contributed by atoms with Crippen LogP contribution in [0.25, 0.3) is 11.3 Å². The summed E-state index contributed by atoms with van der Waals surface area (Å²) < 4.78 is 27.9. The summed E-state index contributed by atoms with van der Waals surface area (Å²) >= 11 is 0. The van der Waals surface area contributed by atoms with Crippen LogP contribution in [0.2, 0.25) is 0 Å². The van der Waals surface area contributed by atoms with E-state index in [4.69, 9.17) is 0 Å². The van der Waals surface area contributed by atoms with Gasteiger partial charge in [0.05, 0.1) is 5.56 Å². The number of aryl methyl sites for hydroxylation is 1. The molecule has 25 heavy (non-hydrogen) atoms. The van der Waals surface area contributed by atoms with Crippen LogP contribution >= 0.6 is 0 Å². The van der Waals surface area contributed by atoms with Crippen LogP contribution in [-0.2, 0) is 13.6 Å². The molecule has 0 bridgehead atoms. The van der Waals surface area contributed by atoms with Crippen LogP contribution in [0, 0.1) is 11.6 Å². The van der Waals surface area contributed by atoms with E-state index in [9.17, 15) is 13.6 Å². The molecule has 3 rings (SSSR count). The molecule has 0 aliphatic heterocycles. The van der Waals surface area contributed by atoms with Crippen molar-refractivity contribution in [3.05, 3.63) is 71.7 Å². The first kappa shape index (κ1) is 16.8. The van der Waals surface area contributed by atoms with Gasteiger partial charge in [-0.15, -0.1) is 0 Å². The van der Waals surface area contributed by atoms with Crippen molar-refractivity contribution < 1.29 is 13.6 Å². The number of benzene rings is 1. The lowest BCUT2D eigenvalue weighted by atomic mass is 10.1. The molecular formula is C18H16F2N4O. The molecule has 0 radical (unpaired) electrons. The van der Waals surface area contributed by atoms with Crippen molar-refractivity contribution in [1.29, 1.82) is 0 Å². The molecule has 0 N–H and O–H groups in total. The fourth-order valence-corrected chi connectivity index (χ4v) is 2.55. The zero-order valence-electron chi connectivity index (χ0n) is 13.8. The number of rotatable bonds is 4. The maximum absolute atomic E-state index is 13.3. The van der Waals surface area contributed by atoms with Gasteiger partial charge < -0.3 is 4.90 Å². The maximum Gasteiger partial charge on any atom is 0.257 e. The lowest BCUT2D eigenvalue weighted by molar-refractivity contribution is 0.0785. The van der Waals surface area contributed by atoms with Crippen molar-refractivity contribution in [3.63, 3.8) is 0 Å². The standard InChI is InChI=1S/C18H16F2N4O/c1-23(10-12-5-6-15(19)16(20)8-12)18(25)14-11-24(2)22-17(14)13-4-3-7-21-9-13/h3-9,11H,10H2,1-2H3. The van der Waals surface area contributed by atoms with Gasteiger partial charge in [-0.2, -0.15) is 5.10 Å². The molecule has 1 aromatic carbocycles. The quantitative estimate of drug-likeness (QED) is 0.732. The Kier molecular flexibility index (Phi) is 4.56. The molecule has 7 heteroatoms. The van der Waals surface area contributed by atoms with Gasteiger partial charge in [0.15, 0.2) is 11.6 Å². The molecule has 1 amide bonds. The first-order chi connectivity index (χ1) is 12.0. The van der Waals surface area contributed by atoms with E-state index in [2.05, 4.69) is 10.1 Å². The van der Waals surface area contributed by atoms with Gasteiger partial charge in [0.2, 0.25) is 0 Å². The molecular weight excluding hydrogens is 326 g/mol. The Labute approximate surface area is 143 Å². The molecule has 0 saturated carbocycles. The Morgan fingerprint density at radius 2 is 2.04 bits per heavy atom. The Bertz CT molecular complexity index is 909. The van der Waals surface area contributed by atoms with Crippen LogP contribution in [0.3, 0.4) is 0 Å². The average Bonchev–Trinajstić information content (AvgIpc) is 3.00. The van der Waals surface area contributed by atoms with Gasteiger partial charge in [0, 0.05) is 44.8 Å². The summed E-state index contributed by atoms with van der Waals surface area (Å²) in [6.07, 6.45) is 4.91. The van der Waals surface area contributed by atoms with Crippen molar-refractivity contribution in [2.24, 2.45) is 7.05 Å². The van der Waals surface area contributed by atoms with Crippen LogP contribution in [0.5, 0.6) is 0 Å². The molecule has 128 valence electrons. The zero-order valence-corrected chi connectivity index (χ0v) is 13.8. The average molecular weight is 342 g/mol. The van der Waals surface area contributed by atoms with Crippen LogP contribution in [-0.4, -0.2) is 32.6 Å². The smallest absolute Gasteiger partial charge is 0.257 e. The Morgan fingerprint density at radius 1 is 1.24 bits per heavy atom. The van der Waals surface area contributed by atoms with E-state index in [0.717, 1.165) is 17.7 Å². The Balaban J connectivity index is 1.86. The van der Waals surface area contributed by atoms with Gasteiger partial charge in [-0.05, 0) is 29.8 Å². The van der Waals surface area contributed by atoms with Crippen LogP contribution in [0.1, 0.15) is 15.9 Å². The van der Waals surface area contributed by atoms with Gasteiger partial charge >= 0.3 is 0 Å². The highest BCUT2D eigenvalue weighted by molar-refractivity contribution is 5.99. The third-order valence-electron chi connectivity index (χ3n) is 3.74. The lowest BCUT2D eigenvalue weighted by Gasteiger charge is -2.17. The summed E-state index contributed by atoms with van der Waals surface area (Å²) in [6.45, 7) is 0.150. The van der Waals surface area contributed by atoms with E-state index in [1.165, 1.54) is 11.0 Å². The highest BCUT2D eigenvalue weighted by Gasteiger charge is 2.21. The van der Waals surface area contributed by atoms with E-state index in [1.54, 1.807) is 43.4 Å². The minimum Gasteiger partial charge on any atom is -0.337 e. The first-order valence-corrected chi connectivity index (χ1v) is 7.59. The van der Waals surface area contributed by atoms with E-state index in [1.807, 2.05) is 6.07 Å². The largest absolute Gasteiger partial charge is 0.337 e. The number of pyridine rings is 1. The minimum atomic E-state index is -0.934. The van der Waals surface area contributed by atoms with Gasteiger partial charge in [-0.3, -0.25) is 14.5 Å². The molecule has 0 fully saturated rings. The predicted octanol–water partition coefficient (Wildman–Crippen LogP) is 3.03. The maximum atomic E-state index is 13.3. The summed E-state index contributed by atoms with van der Waals surface area (Å²) in [6, 6.07) is 7.18. The molecule has 0 spiro atoms. The molecule has 0 aliphatic carbocycles.